The number of nitrogens with one attached hydrogen (secondary N) is 1. The largest absolute Gasteiger partial charge is 0.296 e. The van der Waals surface area contributed by atoms with Crippen molar-refractivity contribution < 1.29 is 4.79 Å². The Morgan fingerprint density at radius 1 is 1.11 bits per heavy atom. The highest BCUT2D eigenvalue weighted by Crippen LogP contribution is 2.40. The molecule has 9 heteroatoms. The van der Waals surface area contributed by atoms with Gasteiger partial charge in [-0.15, -0.1) is 21.5 Å². The number of aromatic nitrogens is 2. The number of hydrogen-bond acceptors (Lipinski definition) is 6. The second-order valence-electron chi connectivity index (χ2n) is 5.90. The smallest absolute Gasteiger partial charge is 0.269 e. The first-order chi connectivity index (χ1) is 13.5. The SMILES string of the molecule is Cc1ccccc1CSc1nnc(NC(=O)c2sc3cccc(Cl)c3c2Cl)s1. The fourth-order valence-electron chi connectivity index (χ4n) is 2.60. The van der Waals surface area contributed by atoms with E-state index >= 15 is 0 Å². The molecule has 0 unspecified atom stereocenters. The van der Waals surface area contributed by atoms with E-state index in [-0.39, 0.29) is 5.91 Å². The molecule has 2 aromatic heterocycles. The minimum Gasteiger partial charge on any atom is -0.296 e. The molecule has 142 valence electrons. The minimum atomic E-state index is -0.311. The lowest BCUT2D eigenvalue weighted by Crippen LogP contribution is -2.10. The van der Waals surface area contributed by atoms with Crippen LogP contribution in [0.2, 0.25) is 10.0 Å². The number of rotatable bonds is 5. The summed E-state index contributed by atoms with van der Waals surface area (Å²) in [6, 6.07) is 13.7. The molecule has 0 fully saturated rings. The highest BCUT2D eigenvalue weighted by molar-refractivity contribution is 8.00. The van der Waals surface area contributed by atoms with E-state index in [0.29, 0.717) is 25.4 Å². The number of aryl methyl sites for hydroxylation is 1. The van der Waals surface area contributed by atoms with E-state index in [0.717, 1.165) is 14.8 Å². The lowest BCUT2D eigenvalue weighted by Gasteiger charge is -2.02. The Morgan fingerprint density at radius 2 is 1.93 bits per heavy atom. The number of anilines is 1. The molecule has 4 aromatic rings. The summed E-state index contributed by atoms with van der Waals surface area (Å²) >= 11 is 16.8. The van der Waals surface area contributed by atoms with Gasteiger partial charge >= 0.3 is 0 Å². The second kappa shape index (κ2) is 8.39. The van der Waals surface area contributed by atoms with Crippen LogP contribution in [0.1, 0.15) is 20.8 Å². The maximum absolute atomic E-state index is 12.7. The summed E-state index contributed by atoms with van der Waals surface area (Å²) in [6.07, 6.45) is 0. The number of benzene rings is 2. The van der Waals surface area contributed by atoms with Gasteiger partial charge in [0.1, 0.15) is 4.88 Å². The standard InChI is InChI=1S/C19H13Cl2N3OS3/c1-10-5-2-3-6-11(10)9-26-19-24-23-18(28-19)22-17(25)16-15(21)14-12(20)7-4-8-13(14)27-16/h2-8H,9H2,1H3,(H,22,23,25). The molecule has 0 atom stereocenters. The van der Waals surface area contributed by atoms with Gasteiger partial charge in [-0.05, 0) is 30.2 Å². The zero-order chi connectivity index (χ0) is 19.7. The van der Waals surface area contributed by atoms with Crippen LogP contribution in [-0.4, -0.2) is 16.1 Å². The van der Waals surface area contributed by atoms with E-state index in [1.807, 2.05) is 24.3 Å². The Morgan fingerprint density at radius 3 is 2.71 bits per heavy atom. The number of hydrogen-bond donors (Lipinski definition) is 1. The van der Waals surface area contributed by atoms with Gasteiger partial charge in [0.2, 0.25) is 5.13 Å². The number of nitrogens with zero attached hydrogens (tertiary/aromatic N) is 2. The van der Waals surface area contributed by atoms with Crippen LogP contribution in [0.4, 0.5) is 5.13 Å². The van der Waals surface area contributed by atoms with Gasteiger partial charge in [-0.3, -0.25) is 10.1 Å². The third-order valence-electron chi connectivity index (χ3n) is 4.05. The molecule has 0 saturated heterocycles. The van der Waals surface area contributed by atoms with Crippen molar-refractivity contribution in [2.24, 2.45) is 0 Å². The molecule has 0 aliphatic carbocycles. The summed E-state index contributed by atoms with van der Waals surface area (Å²) in [6.45, 7) is 2.09. The number of carbonyl (C=O) groups is 1. The van der Waals surface area contributed by atoms with Gasteiger partial charge in [0, 0.05) is 15.8 Å². The molecular formula is C19H13Cl2N3OS3. The van der Waals surface area contributed by atoms with E-state index in [9.17, 15) is 4.79 Å². The number of thiophene rings is 1. The maximum Gasteiger partial charge on any atom is 0.269 e. The highest BCUT2D eigenvalue weighted by atomic mass is 35.5. The Labute approximate surface area is 183 Å². The first-order valence-corrected chi connectivity index (χ1v) is 11.6. The van der Waals surface area contributed by atoms with Gasteiger partial charge in [-0.25, -0.2) is 0 Å². The fraction of sp³-hybridized carbons (Fsp3) is 0.105. The normalized spacial score (nSPS) is 11.1. The first kappa shape index (κ1) is 19.7. The molecule has 0 radical (unpaired) electrons. The van der Waals surface area contributed by atoms with Crippen molar-refractivity contribution in [2.45, 2.75) is 17.0 Å². The quantitative estimate of drug-likeness (QED) is 0.256. The van der Waals surface area contributed by atoms with Gasteiger partial charge in [0.05, 0.1) is 10.0 Å². The Balaban J connectivity index is 1.47. The Kier molecular flexibility index (Phi) is 5.89. The molecule has 0 spiro atoms. The monoisotopic (exact) mass is 465 g/mol. The van der Waals surface area contributed by atoms with Crippen LogP contribution in [0.3, 0.4) is 0 Å². The van der Waals surface area contributed by atoms with Crippen LogP contribution in [0, 0.1) is 6.92 Å². The van der Waals surface area contributed by atoms with Gasteiger partial charge in [0.25, 0.3) is 5.91 Å². The van der Waals surface area contributed by atoms with Crippen molar-refractivity contribution in [3.05, 3.63) is 68.5 Å². The van der Waals surface area contributed by atoms with E-state index in [2.05, 4.69) is 34.6 Å². The lowest BCUT2D eigenvalue weighted by molar-refractivity contribution is 0.103. The zero-order valence-corrected chi connectivity index (χ0v) is 18.5. The summed E-state index contributed by atoms with van der Waals surface area (Å²) < 4.78 is 1.67. The van der Waals surface area contributed by atoms with Crippen molar-refractivity contribution in [1.29, 1.82) is 0 Å². The van der Waals surface area contributed by atoms with Crippen molar-refractivity contribution >= 4 is 78.8 Å². The maximum atomic E-state index is 12.7. The van der Waals surface area contributed by atoms with Crippen LogP contribution in [-0.2, 0) is 5.75 Å². The van der Waals surface area contributed by atoms with Crippen molar-refractivity contribution in [2.75, 3.05) is 5.32 Å². The molecule has 1 N–H and O–H groups in total. The molecule has 1 amide bonds. The predicted molar refractivity (Wildman–Crippen MR) is 120 cm³/mol. The number of fused-ring (bicyclic) bond motifs is 1. The van der Waals surface area contributed by atoms with Gasteiger partial charge in [0.15, 0.2) is 4.34 Å². The number of halogens is 2. The van der Waals surface area contributed by atoms with Crippen LogP contribution >= 0.6 is 57.6 Å². The predicted octanol–water partition coefficient (Wildman–Crippen LogP) is 6.91. The molecule has 28 heavy (non-hydrogen) atoms. The summed E-state index contributed by atoms with van der Waals surface area (Å²) in [5.74, 6) is 0.490. The molecule has 4 nitrogen and oxygen atoms in total. The molecular weight excluding hydrogens is 453 g/mol. The van der Waals surface area contributed by atoms with Crippen LogP contribution < -0.4 is 5.32 Å². The molecule has 2 heterocycles. The van der Waals surface area contributed by atoms with E-state index < -0.39 is 0 Å². The molecule has 2 aromatic carbocycles. The summed E-state index contributed by atoms with van der Waals surface area (Å²) in [4.78, 5) is 13.1. The van der Waals surface area contributed by atoms with Crippen molar-refractivity contribution in [1.82, 2.24) is 10.2 Å². The molecule has 0 bridgehead atoms. The first-order valence-electron chi connectivity index (χ1n) is 8.21. The van der Waals surface area contributed by atoms with E-state index in [1.54, 1.807) is 17.8 Å². The summed E-state index contributed by atoms with van der Waals surface area (Å²) in [5.41, 5.74) is 2.49. The number of carbonyl (C=O) groups excluding carboxylic acids is 1. The summed E-state index contributed by atoms with van der Waals surface area (Å²) in [5, 5.41) is 13.0. The van der Waals surface area contributed by atoms with Crippen molar-refractivity contribution in [3.63, 3.8) is 0 Å². The average Bonchev–Trinajstić information content (AvgIpc) is 3.26. The topological polar surface area (TPSA) is 54.9 Å². The second-order valence-corrected chi connectivity index (χ2v) is 9.94. The zero-order valence-electron chi connectivity index (χ0n) is 14.5. The van der Waals surface area contributed by atoms with Gasteiger partial charge in [-0.2, -0.15) is 0 Å². The van der Waals surface area contributed by atoms with Gasteiger partial charge in [-0.1, -0.05) is 76.6 Å². The molecule has 0 aliphatic heterocycles. The third kappa shape index (κ3) is 4.04. The molecule has 4 rings (SSSR count). The van der Waals surface area contributed by atoms with Crippen molar-refractivity contribution in [3.8, 4) is 0 Å². The third-order valence-corrected chi connectivity index (χ3v) is 8.03. The average molecular weight is 466 g/mol. The lowest BCUT2D eigenvalue weighted by atomic mass is 10.1. The Bertz CT molecular complexity index is 1170. The van der Waals surface area contributed by atoms with E-state index in [4.69, 9.17) is 23.2 Å². The molecule has 0 saturated carbocycles. The fourth-order valence-corrected chi connectivity index (χ4v) is 6.27. The number of amides is 1. The van der Waals surface area contributed by atoms with Crippen LogP contribution in [0.25, 0.3) is 10.1 Å². The summed E-state index contributed by atoms with van der Waals surface area (Å²) in [7, 11) is 0. The van der Waals surface area contributed by atoms with Gasteiger partial charge < -0.3 is 0 Å². The molecule has 0 aliphatic rings. The van der Waals surface area contributed by atoms with Crippen LogP contribution in [0.15, 0.2) is 46.8 Å². The number of thioether (sulfide) groups is 1. The minimum absolute atomic E-state index is 0.311. The highest BCUT2D eigenvalue weighted by Gasteiger charge is 2.20. The Hall–Kier alpha value is -1.64. The van der Waals surface area contributed by atoms with Crippen LogP contribution in [0.5, 0.6) is 0 Å². The van der Waals surface area contributed by atoms with E-state index in [1.165, 1.54) is 33.8 Å².